The van der Waals surface area contributed by atoms with E-state index >= 15 is 0 Å². The molecule has 104 valence electrons. The van der Waals surface area contributed by atoms with Crippen molar-refractivity contribution in [3.05, 3.63) is 28.8 Å². The second-order valence-electron chi connectivity index (χ2n) is 5.18. The highest BCUT2D eigenvalue weighted by Crippen LogP contribution is 2.28. The van der Waals surface area contributed by atoms with Gasteiger partial charge >= 0.3 is 0 Å². The van der Waals surface area contributed by atoms with Crippen LogP contribution < -0.4 is 11.1 Å². The molecular formula is C14H19ClN2O2. The number of amides is 1. The normalized spacial score (nSPS) is 18.0. The van der Waals surface area contributed by atoms with Gasteiger partial charge in [-0.05, 0) is 31.0 Å². The summed E-state index contributed by atoms with van der Waals surface area (Å²) < 4.78 is 0. The first-order valence-corrected chi connectivity index (χ1v) is 6.92. The molecule has 5 heteroatoms. The van der Waals surface area contributed by atoms with Crippen molar-refractivity contribution in [2.24, 2.45) is 0 Å². The molecule has 0 spiro atoms. The van der Waals surface area contributed by atoms with Gasteiger partial charge in [-0.15, -0.1) is 0 Å². The van der Waals surface area contributed by atoms with Gasteiger partial charge in [0.2, 0.25) is 0 Å². The third kappa shape index (κ3) is 3.19. The molecule has 1 fully saturated rings. The van der Waals surface area contributed by atoms with Crippen LogP contribution in [0.3, 0.4) is 0 Å². The van der Waals surface area contributed by atoms with Crippen LogP contribution in [0.2, 0.25) is 5.02 Å². The summed E-state index contributed by atoms with van der Waals surface area (Å²) in [6, 6.07) is 4.82. The Labute approximate surface area is 117 Å². The van der Waals surface area contributed by atoms with E-state index < -0.39 is 5.54 Å². The second kappa shape index (κ2) is 5.80. The highest BCUT2D eigenvalue weighted by Gasteiger charge is 2.33. The Bertz CT molecular complexity index is 471. The van der Waals surface area contributed by atoms with Gasteiger partial charge in [0, 0.05) is 10.7 Å². The van der Waals surface area contributed by atoms with Crippen molar-refractivity contribution in [1.82, 2.24) is 5.32 Å². The Morgan fingerprint density at radius 3 is 2.68 bits per heavy atom. The molecule has 19 heavy (non-hydrogen) atoms. The lowest BCUT2D eigenvalue weighted by Crippen LogP contribution is -2.52. The van der Waals surface area contributed by atoms with Crippen LogP contribution in [0, 0.1) is 0 Å². The van der Waals surface area contributed by atoms with Crippen molar-refractivity contribution in [3.8, 4) is 0 Å². The third-order valence-electron chi connectivity index (χ3n) is 3.75. The highest BCUT2D eigenvalue weighted by molar-refractivity contribution is 6.31. The molecule has 0 radical (unpaired) electrons. The number of rotatable bonds is 3. The molecule has 1 saturated carbocycles. The Balaban J connectivity index is 2.17. The van der Waals surface area contributed by atoms with E-state index in [1.54, 1.807) is 18.2 Å². The van der Waals surface area contributed by atoms with Gasteiger partial charge in [-0.25, -0.2) is 0 Å². The fourth-order valence-corrected chi connectivity index (χ4v) is 2.76. The molecule has 0 aromatic heterocycles. The molecule has 0 bridgehead atoms. The number of hydrogen-bond acceptors (Lipinski definition) is 3. The molecular weight excluding hydrogens is 264 g/mol. The molecule has 0 saturated heterocycles. The monoisotopic (exact) mass is 282 g/mol. The van der Waals surface area contributed by atoms with Crippen molar-refractivity contribution in [1.29, 1.82) is 0 Å². The van der Waals surface area contributed by atoms with Gasteiger partial charge in [0.05, 0.1) is 17.7 Å². The zero-order valence-corrected chi connectivity index (χ0v) is 11.5. The molecule has 0 atom stereocenters. The van der Waals surface area contributed by atoms with E-state index in [0.717, 1.165) is 32.1 Å². The largest absolute Gasteiger partial charge is 0.398 e. The quantitative estimate of drug-likeness (QED) is 0.745. The summed E-state index contributed by atoms with van der Waals surface area (Å²) in [6.45, 7) is -0.0424. The van der Waals surface area contributed by atoms with E-state index in [0.29, 0.717) is 16.3 Å². The van der Waals surface area contributed by atoms with Gasteiger partial charge in [0.1, 0.15) is 0 Å². The number of nitrogens with two attached hydrogens (primary N) is 1. The van der Waals surface area contributed by atoms with Crippen molar-refractivity contribution in [2.45, 2.75) is 37.6 Å². The van der Waals surface area contributed by atoms with Crippen LogP contribution in [0.25, 0.3) is 0 Å². The molecule has 1 aliphatic carbocycles. The third-order valence-corrected chi connectivity index (χ3v) is 3.99. The Hall–Kier alpha value is -1.26. The first-order chi connectivity index (χ1) is 9.06. The number of benzene rings is 1. The van der Waals surface area contributed by atoms with Crippen LogP contribution in [0.5, 0.6) is 0 Å². The van der Waals surface area contributed by atoms with Gasteiger partial charge in [-0.3, -0.25) is 4.79 Å². The van der Waals surface area contributed by atoms with Crippen molar-refractivity contribution in [3.63, 3.8) is 0 Å². The molecule has 4 N–H and O–H groups in total. The number of nitrogen functional groups attached to an aromatic ring is 1. The summed E-state index contributed by atoms with van der Waals surface area (Å²) in [5, 5.41) is 13.0. The number of halogens is 1. The van der Waals surface area contributed by atoms with Crippen molar-refractivity contribution in [2.75, 3.05) is 12.3 Å². The molecule has 0 aliphatic heterocycles. The lowest BCUT2D eigenvalue weighted by Gasteiger charge is -2.36. The van der Waals surface area contributed by atoms with Gasteiger partial charge in [-0.2, -0.15) is 0 Å². The highest BCUT2D eigenvalue weighted by atomic mass is 35.5. The van der Waals surface area contributed by atoms with Crippen LogP contribution in [0.15, 0.2) is 18.2 Å². The average Bonchev–Trinajstić information content (AvgIpc) is 2.42. The summed E-state index contributed by atoms with van der Waals surface area (Å²) in [5.41, 5.74) is 6.05. The summed E-state index contributed by atoms with van der Waals surface area (Å²) in [7, 11) is 0. The van der Waals surface area contributed by atoms with Crippen molar-refractivity contribution < 1.29 is 9.90 Å². The lowest BCUT2D eigenvalue weighted by atomic mass is 9.82. The SMILES string of the molecule is Nc1ccc(Cl)cc1C(=O)NC1(CO)CCCCC1. The Morgan fingerprint density at radius 1 is 1.37 bits per heavy atom. The van der Waals surface area contributed by atoms with Gasteiger partial charge in [0.25, 0.3) is 5.91 Å². The van der Waals surface area contributed by atoms with Crippen LogP contribution in [-0.2, 0) is 0 Å². The van der Waals surface area contributed by atoms with E-state index in [-0.39, 0.29) is 12.5 Å². The molecule has 1 aliphatic rings. The smallest absolute Gasteiger partial charge is 0.253 e. The first-order valence-electron chi connectivity index (χ1n) is 6.55. The number of nitrogens with one attached hydrogen (secondary N) is 1. The minimum Gasteiger partial charge on any atom is -0.398 e. The topological polar surface area (TPSA) is 75.4 Å². The van der Waals surface area contributed by atoms with E-state index in [1.807, 2.05) is 0 Å². The van der Waals surface area contributed by atoms with E-state index in [9.17, 15) is 9.90 Å². The minimum atomic E-state index is -0.510. The van der Waals surface area contributed by atoms with Crippen LogP contribution in [0.1, 0.15) is 42.5 Å². The zero-order chi connectivity index (χ0) is 13.9. The number of hydrogen-bond donors (Lipinski definition) is 3. The first kappa shape index (κ1) is 14.2. The number of carbonyl (C=O) groups excluding carboxylic acids is 1. The summed E-state index contributed by atoms with van der Waals surface area (Å²) in [5.74, 6) is -0.268. The predicted molar refractivity (Wildman–Crippen MR) is 76.2 cm³/mol. The lowest BCUT2D eigenvalue weighted by molar-refractivity contribution is 0.0759. The number of aliphatic hydroxyl groups excluding tert-OH is 1. The molecule has 1 aromatic carbocycles. The summed E-state index contributed by atoms with van der Waals surface area (Å²) in [6.07, 6.45) is 4.79. The van der Waals surface area contributed by atoms with Gasteiger partial charge < -0.3 is 16.2 Å². The zero-order valence-electron chi connectivity index (χ0n) is 10.8. The number of aliphatic hydroxyl groups is 1. The van der Waals surface area contributed by atoms with E-state index in [2.05, 4.69) is 5.32 Å². The fraction of sp³-hybridized carbons (Fsp3) is 0.500. The number of carbonyl (C=O) groups is 1. The van der Waals surface area contributed by atoms with Crippen LogP contribution >= 0.6 is 11.6 Å². The molecule has 0 heterocycles. The standard InChI is InChI=1S/C14H19ClN2O2/c15-10-4-5-12(16)11(8-10)13(19)17-14(9-18)6-2-1-3-7-14/h4-5,8,18H,1-3,6-7,9,16H2,(H,17,19). The van der Waals surface area contributed by atoms with Gasteiger partial charge in [0.15, 0.2) is 0 Å². The summed E-state index contributed by atoms with van der Waals surface area (Å²) >= 11 is 5.89. The maximum Gasteiger partial charge on any atom is 0.253 e. The summed E-state index contributed by atoms with van der Waals surface area (Å²) in [4.78, 5) is 12.3. The van der Waals surface area contributed by atoms with E-state index in [1.165, 1.54) is 0 Å². The van der Waals surface area contributed by atoms with Crippen molar-refractivity contribution >= 4 is 23.2 Å². The van der Waals surface area contributed by atoms with Crippen LogP contribution in [0.4, 0.5) is 5.69 Å². The molecule has 1 aromatic rings. The number of anilines is 1. The van der Waals surface area contributed by atoms with E-state index in [4.69, 9.17) is 17.3 Å². The fourth-order valence-electron chi connectivity index (χ4n) is 2.58. The second-order valence-corrected chi connectivity index (χ2v) is 5.62. The molecule has 2 rings (SSSR count). The maximum atomic E-state index is 12.3. The molecule has 0 unspecified atom stereocenters. The van der Waals surface area contributed by atoms with Crippen LogP contribution in [-0.4, -0.2) is 23.2 Å². The Morgan fingerprint density at radius 2 is 2.05 bits per heavy atom. The average molecular weight is 283 g/mol. The van der Waals surface area contributed by atoms with Gasteiger partial charge in [-0.1, -0.05) is 30.9 Å². The Kier molecular flexibility index (Phi) is 4.32. The maximum absolute atomic E-state index is 12.3. The molecule has 1 amide bonds. The minimum absolute atomic E-state index is 0.0424. The predicted octanol–water partition coefficient (Wildman–Crippen LogP) is 2.35. The molecule has 4 nitrogen and oxygen atoms in total.